The molecule has 3 fully saturated rings. The minimum atomic E-state index is -0.376. The van der Waals surface area contributed by atoms with Crippen molar-refractivity contribution in [3.8, 4) is 0 Å². The lowest BCUT2D eigenvalue weighted by Crippen LogP contribution is -2.65. The fraction of sp³-hybridized carbons (Fsp3) is 0.808. The number of nitrogens with one attached hydrogen (secondary N) is 2. The monoisotopic (exact) mass is 490 g/mol. The largest absolute Gasteiger partial charge is 0.353 e. The zero-order valence-electron chi connectivity index (χ0n) is 22.1. The molecule has 1 saturated carbocycles. The number of nitrogens with zero attached hydrogens (tertiary/aromatic N) is 2. The van der Waals surface area contributed by atoms with Crippen LogP contribution < -0.4 is 10.7 Å². The van der Waals surface area contributed by atoms with Crippen LogP contribution in [-0.2, 0) is 24.0 Å². The van der Waals surface area contributed by atoms with Crippen LogP contribution >= 0.6 is 0 Å². The van der Waals surface area contributed by atoms with Crippen molar-refractivity contribution in [3.05, 3.63) is 0 Å². The minimum absolute atomic E-state index is 0.0233. The van der Waals surface area contributed by atoms with Gasteiger partial charge in [0.25, 0.3) is 11.8 Å². The Bertz CT molecular complexity index is 865. The van der Waals surface area contributed by atoms with Crippen LogP contribution in [0.4, 0.5) is 0 Å². The molecule has 9 heteroatoms. The zero-order chi connectivity index (χ0) is 26.1. The molecule has 1 aliphatic carbocycles. The van der Waals surface area contributed by atoms with Gasteiger partial charge in [-0.3, -0.25) is 29.4 Å². The summed E-state index contributed by atoms with van der Waals surface area (Å²) >= 11 is 0. The topological polar surface area (TPSA) is 116 Å². The molecular formula is C26H42N4O5. The van der Waals surface area contributed by atoms with Crippen LogP contribution in [0.15, 0.2) is 0 Å². The molecule has 2 heterocycles. The molecule has 196 valence electrons. The Labute approximate surface area is 208 Å². The summed E-state index contributed by atoms with van der Waals surface area (Å²) in [7, 11) is 0. The predicted octanol–water partition coefficient (Wildman–Crippen LogP) is 2.68. The van der Waals surface area contributed by atoms with E-state index in [9.17, 15) is 24.0 Å². The smallest absolute Gasteiger partial charge is 0.252 e. The van der Waals surface area contributed by atoms with E-state index >= 15 is 0 Å². The third kappa shape index (κ3) is 6.04. The first kappa shape index (κ1) is 27.1. The Morgan fingerprint density at radius 2 is 1.43 bits per heavy atom. The molecule has 3 aliphatic rings. The lowest BCUT2D eigenvalue weighted by molar-refractivity contribution is -0.149. The summed E-state index contributed by atoms with van der Waals surface area (Å²) in [5.74, 6) is -1.20. The average Bonchev–Trinajstić information content (AvgIpc) is 2.93. The molecule has 3 atom stereocenters. The summed E-state index contributed by atoms with van der Waals surface area (Å²) in [6.07, 6.45) is 5.14. The summed E-state index contributed by atoms with van der Waals surface area (Å²) in [5.41, 5.74) is 1.78. The molecule has 2 N–H and O–H groups in total. The second kappa shape index (κ2) is 10.3. The summed E-state index contributed by atoms with van der Waals surface area (Å²) < 4.78 is 0. The predicted molar refractivity (Wildman–Crippen MR) is 130 cm³/mol. The number of amides is 5. The number of unbranched alkanes of at least 4 members (excludes halogenated alkanes) is 1. The Morgan fingerprint density at radius 3 is 2.00 bits per heavy atom. The molecule has 0 aromatic heterocycles. The zero-order valence-corrected chi connectivity index (χ0v) is 22.1. The van der Waals surface area contributed by atoms with Gasteiger partial charge in [-0.05, 0) is 78.6 Å². The van der Waals surface area contributed by atoms with E-state index in [1.807, 2.05) is 32.6 Å². The van der Waals surface area contributed by atoms with Crippen LogP contribution in [0.5, 0.6) is 0 Å². The number of imide groups is 1. The van der Waals surface area contributed by atoms with Gasteiger partial charge < -0.3 is 10.2 Å². The normalized spacial score (nSPS) is 28.0. The molecule has 0 spiro atoms. The van der Waals surface area contributed by atoms with Gasteiger partial charge in [-0.15, -0.1) is 0 Å². The maximum Gasteiger partial charge on any atom is 0.252 e. The van der Waals surface area contributed by atoms with Gasteiger partial charge in [-0.1, -0.05) is 6.92 Å². The van der Waals surface area contributed by atoms with Crippen molar-refractivity contribution in [2.75, 3.05) is 0 Å². The van der Waals surface area contributed by atoms with Crippen LogP contribution in [0.25, 0.3) is 0 Å². The van der Waals surface area contributed by atoms with Crippen LogP contribution in [0.1, 0.15) is 99.3 Å². The van der Waals surface area contributed by atoms with Crippen molar-refractivity contribution in [1.29, 1.82) is 0 Å². The highest BCUT2D eigenvalue weighted by molar-refractivity contribution is 6.06. The minimum Gasteiger partial charge on any atom is -0.353 e. The number of carbonyl (C=O) groups is 5. The van der Waals surface area contributed by atoms with Gasteiger partial charge in [0.15, 0.2) is 0 Å². The van der Waals surface area contributed by atoms with Crippen molar-refractivity contribution in [2.45, 2.75) is 116 Å². The van der Waals surface area contributed by atoms with Crippen molar-refractivity contribution in [3.63, 3.8) is 0 Å². The number of hydrogen-bond acceptors (Lipinski definition) is 5. The first-order valence-electron chi connectivity index (χ1n) is 13.0. The summed E-state index contributed by atoms with van der Waals surface area (Å²) in [6, 6.07) is -0.0233. The highest BCUT2D eigenvalue weighted by atomic mass is 16.2. The Kier molecular flexibility index (Phi) is 7.96. The molecule has 0 aromatic carbocycles. The van der Waals surface area contributed by atoms with E-state index in [1.54, 1.807) is 6.92 Å². The number of rotatable bonds is 7. The molecule has 2 aliphatic heterocycles. The van der Waals surface area contributed by atoms with Crippen LogP contribution in [0, 0.1) is 17.8 Å². The third-order valence-corrected chi connectivity index (χ3v) is 7.86. The first-order valence-corrected chi connectivity index (χ1v) is 13.0. The van der Waals surface area contributed by atoms with Gasteiger partial charge in [-0.2, -0.15) is 5.01 Å². The first-order chi connectivity index (χ1) is 16.2. The number of fused-ring (bicyclic) bond motifs is 1. The average molecular weight is 491 g/mol. The fourth-order valence-electron chi connectivity index (χ4n) is 6.79. The van der Waals surface area contributed by atoms with E-state index in [2.05, 4.69) is 17.7 Å². The van der Waals surface area contributed by atoms with E-state index in [0.29, 0.717) is 50.9 Å². The number of carbonyl (C=O) groups excluding carboxylic acids is 5. The van der Waals surface area contributed by atoms with Gasteiger partial charge in [0.1, 0.15) is 0 Å². The number of likely N-dealkylation sites (tertiary alicyclic amines) is 1. The summed E-state index contributed by atoms with van der Waals surface area (Å²) in [5, 5.41) is 4.03. The van der Waals surface area contributed by atoms with E-state index in [1.165, 1.54) is 0 Å². The van der Waals surface area contributed by atoms with E-state index in [0.717, 1.165) is 11.4 Å². The summed E-state index contributed by atoms with van der Waals surface area (Å²) in [4.78, 5) is 64.2. The van der Waals surface area contributed by atoms with Gasteiger partial charge in [-0.25, -0.2) is 0 Å². The number of piperidine rings is 1. The third-order valence-electron chi connectivity index (χ3n) is 7.86. The number of hydrogen-bond donors (Lipinski definition) is 2. The van der Waals surface area contributed by atoms with Gasteiger partial charge in [0.2, 0.25) is 17.7 Å². The highest BCUT2D eigenvalue weighted by Gasteiger charge is 2.50. The molecule has 3 unspecified atom stereocenters. The van der Waals surface area contributed by atoms with Crippen molar-refractivity contribution in [2.24, 2.45) is 17.8 Å². The van der Waals surface area contributed by atoms with Gasteiger partial charge in [0, 0.05) is 36.9 Å². The van der Waals surface area contributed by atoms with Crippen molar-refractivity contribution in [1.82, 2.24) is 20.7 Å². The van der Waals surface area contributed by atoms with Crippen molar-refractivity contribution >= 4 is 29.5 Å². The molecule has 5 amide bonds. The van der Waals surface area contributed by atoms with E-state index in [-0.39, 0.29) is 64.9 Å². The van der Waals surface area contributed by atoms with E-state index < -0.39 is 0 Å². The maximum atomic E-state index is 12.6. The second-order valence-electron chi connectivity index (χ2n) is 12.0. The van der Waals surface area contributed by atoms with Crippen LogP contribution in [-0.4, -0.2) is 56.6 Å². The van der Waals surface area contributed by atoms with Crippen LogP contribution in [0.3, 0.4) is 0 Å². The Morgan fingerprint density at radius 1 is 0.886 bits per heavy atom. The molecule has 3 rings (SSSR count). The molecular weight excluding hydrogens is 448 g/mol. The molecule has 9 nitrogen and oxygen atoms in total. The molecule has 2 saturated heterocycles. The lowest BCUT2D eigenvalue weighted by atomic mass is 9.76. The molecule has 0 aromatic rings. The number of hydrazine groups is 1. The quantitative estimate of drug-likeness (QED) is 0.420. The summed E-state index contributed by atoms with van der Waals surface area (Å²) in [6.45, 7) is 11.8. The molecule has 35 heavy (non-hydrogen) atoms. The fourth-order valence-corrected chi connectivity index (χ4v) is 6.79. The van der Waals surface area contributed by atoms with Gasteiger partial charge >= 0.3 is 0 Å². The highest BCUT2D eigenvalue weighted by Crippen LogP contribution is 2.40. The SMILES string of the molecule is CC(=O)N1C(C)(C)CC(NC(=O)CCCCC(=O)NN2C(=O)C3CCC(C)CC3C2=O)CC1(C)C. The molecule has 0 bridgehead atoms. The van der Waals surface area contributed by atoms with Gasteiger partial charge in [0.05, 0.1) is 11.8 Å². The van der Waals surface area contributed by atoms with Crippen LogP contribution in [0.2, 0.25) is 0 Å². The second-order valence-corrected chi connectivity index (χ2v) is 12.0. The van der Waals surface area contributed by atoms with Crippen molar-refractivity contribution < 1.29 is 24.0 Å². The lowest BCUT2D eigenvalue weighted by Gasteiger charge is -2.55. The standard InChI is InChI=1S/C26H42N4O5/c1-16-11-12-19-20(13-16)24(35)29(23(19)34)28-22(33)10-8-7-9-21(32)27-18-14-25(3,4)30(17(2)31)26(5,6)15-18/h16,18-20H,7-15H2,1-6H3,(H,27,32)(H,28,33). The van der Waals surface area contributed by atoms with E-state index in [4.69, 9.17) is 0 Å². The molecule has 0 radical (unpaired) electrons. The maximum absolute atomic E-state index is 12.6. The Hall–Kier alpha value is -2.45. The Balaban J connectivity index is 1.40.